The van der Waals surface area contributed by atoms with Crippen molar-refractivity contribution in [3.05, 3.63) is 24.3 Å². The maximum absolute atomic E-state index is 11.2. The molecular weight excluding hydrogens is 138 g/mol. The van der Waals surface area contributed by atoms with E-state index in [0.29, 0.717) is 6.42 Å². The van der Waals surface area contributed by atoms with Crippen molar-refractivity contribution >= 4 is 5.78 Å². The van der Waals surface area contributed by atoms with E-state index >= 15 is 0 Å². The van der Waals surface area contributed by atoms with Gasteiger partial charge in [-0.2, -0.15) is 0 Å². The third-order valence-electron chi connectivity index (χ3n) is 1.72. The number of hydrogen-bond donors (Lipinski definition) is 1. The van der Waals surface area contributed by atoms with Crippen LogP contribution in [0.4, 0.5) is 0 Å². The Bertz CT molecular complexity index is 194. The van der Waals surface area contributed by atoms with Crippen LogP contribution in [0.2, 0.25) is 0 Å². The number of carbonyl (C=O) groups is 1. The Kier molecular flexibility index (Phi) is 3.05. The molecule has 0 fully saturated rings. The fourth-order valence-electron chi connectivity index (χ4n) is 1.12. The van der Waals surface area contributed by atoms with Crippen LogP contribution in [0.3, 0.4) is 0 Å². The highest BCUT2D eigenvalue weighted by molar-refractivity contribution is 5.96. The second-order valence-electron chi connectivity index (χ2n) is 2.61. The van der Waals surface area contributed by atoms with Crippen LogP contribution in [-0.2, 0) is 4.79 Å². The van der Waals surface area contributed by atoms with Crippen LogP contribution in [0.15, 0.2) is 24.3 Å². The highest BCUT2D eigenvalue weighted by Crippen LogP contribution is 2.04. The van der Waals surface area contributed by atoms with Gasteiger partial charge in [-0.3, -0.25) is 4.79 Å². The molecule has 1 rings (SSSR count). The summed E-state index contributed by atoms with van der Waals surface area (Å²) in [5, 5.41) is 3.15. The van der Waals surface area contributed by atoms with E-state index < -0.39 is 0 Å². The Morgan fingerprint density at radius 3 is 3.18 bits per heavy atom. The molecule has 0 spiro atoms. The number of carbonyl (C=O) groups excluding carboxylic acids is 1. The SMILES string of the molecule is C=CCC(=O)C1=CCCNC1. The van der Waals surface area contributed by atoms with Gasteiger partial charge in [0.2, 0.25) is 0 Å². The quantitative estimate of drug-likeness (QED) is 0.611. The summed E-state index contributed by atoms with van der Waals surface area (Å²) in [6.45, 7) is 5.25. The Morgan fingerprint density at radius 2 is 2.64 bits per heavy atom. The van der Waals surface area contributed by atoms with E-state index in [0.717, 1.165) is 25.1 Å². The first-order valence-electron chi connectivity index (χ1n) is 3.88. The number of hydrogen-bond acceptors (Lipinski definition) is 2. The van der Waals surface area contributed by atoms with Gasteiger partial charge in [0.25, 0.3) is 0 Å². The maximum atomic E-state index is 11.2. The van der Waals surface area contributed by atoms with Gasteiger partial charge in [-0.15, -0.1) is 6.58 Å². The average molecular weight is 151 g/mol. The Balaban J connectivity index is 2.50. The molecule has 0 saturated heterocycles. The molecule has 0 aromatic carbocycles. The lowest BCUT2D eigenvalue weighted by Gasteiger charge is -2.11. The first-order valence-corrected chi connectivity index (χ1v) is 3.88. The van der Waals surface area contributed by atoms with Crippen molar-refractivity contribution in [2.75, 3.05) is 13.1 Å². The minimum atomic E-state index is 0.201. The average Bonchev–Trinajstić information content (AvgIpc) is 2.07. The molecule has 1 aliphatic heterocycles. The van der Waals surface area contributed by atoms with E-state index in [4.69, 9.17) is 0 Å². The van der Waals surface area contributed by atoms with Crippen LogP contribution < -0.4 is 5.32 Å². The van der Waals surface area contributed by atoms with Crippen molar-refractivity contribution < 1.29 is 4.79 Å². The van der Waals surface area contributed by atoms with Crippen LogP contribution in [0.5, 0.6) is 0 Å². The molecule has 2 nitrogen and oxygen atoms in total. The molecule has 0 aromatic rings. The van der Waals surface area contributed by atoms with Gasteiger partial charge in [0.05, 0.1) is 0 Å². The third-order valence-corrected chi connectivity index (χ3v) is 1.72. The number of nitrogens with one attached hydrogen (secondary N) is 1. The molecule has 1 heterocycles. The second kappa shape index (κ2) is 4.09. The summed E-state index contributed by atoms with van der Waals surface area (Å²) in [5.74, 6) is 0.201. The van der Waals surface area contributed by atoms with Crippen LogP contribution in [-0.4, -0.2) is 18.9 Å². The first kappa shape index (κ1) is 8.21. The summed E-state index contributed by atoms with van der Waals surface area (Å²) < 4.78 is 0. The van der Waals surface area contributed by atoms with Gasteiger partial charge in [0, 0.05) is 18.5 Å². The van der Waals surface area contributed by atoms with Crippen molar-refractivity contribution in [2.24, 2.45) is 0 Å². The van der Waals surface area contributed by atoms with E-state index in [-0.39, 0.29) is 5.78 Å². The molecule has 0 saturated carbocycles. The monoisotopic (exact) mass is 151 g/mol. The zero-order valence-electron chi connectivity index (χ0n) is 6.60. The summed E-state index contributed by atoms with van der Waals surface area (Å²) in [5.41, 5.74) is 0.913. The molecule has 0 aliphatic carbocycles. The van der Waals surface area contributed by atoms with Crippen LogP contribution in [0.25, 0.3) is 0 Å². The number of allylic oxidation sites excluding steroid dienone is 1. The summed E-state index contributed by atoms with van der Waals surface area (Å²) in [6, 6.07) is 0. The Hall–Kier alpha value is -0.890. The normalized spacial score (nSPS) is 17.3. The zero-order valence-corrected chi connectivity index (χ0v) is 6.60. The third kappa shape index (κ3) is 2.31. The fourth-order valence-corrected chi connectivity index (χ4v) is 1.12. The van der Waals surface area contributed by atoms with Crippen LogP contribution >= 0.6 is 0 Å². The van der Waals surface area contributed by atoms with Crippen LogP contribution in [0.1, 0.15) is 12.8 Å². The number of Topliss-reactive ketones (excluding diaryl/α,β-unsaturated/α-hetero) is 1. The van der Waals surface area contributed by atoms with E-state index in [2.05, 4.69) is 11.9 Å². The van der Waals surface area contributed by atoms with Crippen molar-refractivity contribution in [1.82, 2.24) is 5.32 Å². The molecule has 11 heavy (non-hydrogen) atoms. The first-order chi connectivity index (χ1) is 5.34. The summed E-state index contributed by atoms with van der Waals surface area (Å²) in [4.78, 5) is 11.2. The van der Waals surface area contributed by atoms with E-state index in [9.17, 15) is 4.79 Å². The minimum absolute atomic E-state index is 0.201. The van der Waals surface area contributed by atoms with E-state index in [1.54, 1.807) is 6.08 Å². The fraction of sp³-hybridized carbons (Fsp3) is 0.444. The minimum Gasteiger partial charge on any atom is -0.312 e. The summed E-state index contributed by atoms with van der Waals surface area (Å²) >= 11 is 0. The van der Waals surface area contributed by atoms with Gasteiger partial charge in [0.15, 0.2) is 5.78 Å². The predicted octanol–water partition coefficient (Wildman–Crippen LogP) is 1.05. The molecule has 60 valence electrons. The molecule has 0 amide bonds. The second-order valence-corrected chi connectivity index (χ2v) is 2.61. The van der Waals surface area contributed by atoms with Crippen molar-refractivity contribution in [2.45, 2.75) is 12.8 Å². The van der Waals surface area contributed by atoms with Crippen molar-refractivity contribution in [3.8, 4) is 0 Å². The van der Waals surface area contributed by atoms with Gasteiger partial charge < -0.3 is 5.32 Å². The molecule has 0 atom stereocenters. The standard InChI is InChI=1S/C9H13NO/c1-2-4-9(11)8-5-3-6-10-7-8/h2,5,10H,1,3-4,6-7H2. The summed E-state index contributed by atoms with van der Waals surface area (Å²) in [7, 11) is 0. The molecule has 1 N–H and O–H groups in total. The number of ketones is 1. The van der Waals surface area contributed by atoms with Gasteiger partial charge in [-0.25, -0.2) is 0 Å². The molecule has 0 aromatic heterocycles. The molecule has 1 aliphatic rings. The van der Waals surface area contributed by atoms with Gasteiger partial charge in [-0.1, -0.05) is 12.2 Å². The lowest BCUT2D eigenvalue weighted by atomic mass is 10.1. The van der Waals surface area contributed by atoms with E-state index in [1.165, 1.54) is 0 Å². The van der Waals surface area contributed by atoms with Crippen LogP contribution in [0, 0.1) is 0 Å². The van der Waals surface area contributed by atoms with E-state index in [1.807, 2.05) is 6.08 Å². The van der Waals surface area contributed by atoms with Gasteiger partial charge >= 0.3 is 0 Å². The predicted molar refractivity (Wildman–Crippen MR) is 45.4 cm³/mol. The highest BCUT2D eigenvalue weighted by atomic mass is 16.1. The summed E-state index contributed by atoms with van der Waals surface area (Å²) in [6.07, 6.45) is 5.10. The maximum Gasteiger partial charge on any atom is 0.163 e. The van der Waals surface area contributed by atoms with Gasteiger partial charge in [-0.05, 0) is 13.0 Å². The van der Waals surface area contributed by atoms with Gasteiger partial charge in [0.1, 0.15) is 0 Å². The molecule has 2 heteroatoms. The Labute approximate surface area is 67.0 Å². The highest BCUT2D eigenvalue weighted by Gasteiger charge is 2.09. The van der Waals surface area contributed by atoms with Crippen molar-refractivity contribution in [1.29, 1.82) is 0 Å². The smallest absolute Gasteiger partial charge is 0.163 e. The Morgan fingerprint density at radius 1 is 1.82 bits per heavy atom. The zero-order chi connectivity index (χ0) is 8.10. The lowest BCUT2D eigenvalue weighted by molar-refractivity contribution is -0.114. The number of rotatable bonds is 3. The molecule has 0 bridgehead atoms. The molecular formula is C9H13NO. The van der Waals surface area contributed by atoms with Crippen molar-refractivity contribution in [3.63, 3.8) is 0 Å². The molecule has 0 radical (unpaired) electrons. The largest absolute Gasteiger partial charge is 0.312 e. The molecule has 0 unspecified atom stereocenters. The topological polar surface area (TPSA) is 29.1 Å². The lowest BCUT2D eigenvalue weighted by Crippen LogP contribution is -2.25.